The lowest BCUT2D eigenvalue weighted by atomic mass is 10.1. The average molecular weight is 202 g/mol. The lowest BCUT2D eigenvalue weighted by Crippen LogP contribution is -2.14. The second kappa shape index (κ2) is 6.01. The molecule has 0 atom stereocenters. The van der Waals surface area contributed by atoms with Crippen molar-refractivity contribution in [1.82, 2.24) is 0 Å². The maximum atomic E-state index is 10.7. The van der Waals surface area contributed by atoms with Crippen LogP contribution in [0.4, 0.5) is 0 Å². The van der Waals surface area contributed by atoms with E-state index in [2.05, 4.69) is 0 Å². The molecule has 0 aliphatic carbocycles. The molecule has 0 amide bonds. The maximum Gasteiger partial charge on any atom is 0.371 e. The van der Waals surface area contributed by atoms with Crippen molar-refractivity contribution in [2.45, 2.75) is 26.7 Å². The molecule has 5 nitrogen and oxygen atoms in total. The molecular formula is C9H14O5. The van der Waals surface area contributed by atoms with Crippen molar-refractivity contribution in [3.63, 3.8) is 0 Å². The second-order valence-electron chi connectivity index (χ2n) is 2.60. The molecule has 0 radical (unpaired) electrons. The Kier molecular flexibility index (Phi) is 5.36. The molecule has 0 rings (SSSR count). The summed E-state index contributed by atoms with van der Waals surface area (Å²) < 4.78 is 4.78. The Morgan fingerprint density at radius 2 is 1.71 bits per heavy atom. The lowest BCUT2D eigenvalue weighted by molar-refractivity contribution is -0.139. The highest BCUT2D eigenvalue weighted by Crippen LogP contribution is 2.13. The van der Waals surface area contributed by atoms with E-state index in [1.165, 1.54) is 0 Å². The smallest absolute Gasteiger partial charge is 0.371 e. The monoisotopic (exact) mass is 202 g/mol. The Balaban J connectivity index is 5.03. The number of ether oxygens (including phenoxy) is 1. The lowest BCUT2D eigenvalue weighted by Gasteiger charge is -2.07. The summed E-state index contributed by atoms with van der Waals surface area (Å²) in [6.07, 6.45) is 0.752. The van der Waals surface area contributed by atoms with Gasteiger partial charge in [0.15, 0.2) is 0 Å². The number of carbonyl (C=O) groups is 2. The van der Waals surface area contributed by atoms with E-state index in [4.69, 9.17) is 14.9 Å². The topological polar surface area (TPSA) is 83.8 Å². The van der Waals surface area contributed by atoms with Gasteiger partial charge in [0.25, 0.3) is 0 Å². The Hall–Kier alpha value is -1.52. The molecule has 5 heteroatoms. The number of rotatable bonds is 6. The third-order valence-corrected chi connectivity index (χ3v) is 1.52. The molecule has 0 aliphatic heterocycles. The van der Waals surface area contributed by atoms with E-state index in [1.54, 1.807) is 13.8 Å². The summed E-state index contributed by atoms with van der Waals surface area (Å²) in [6, 6.07) is 0. The van der Waals surface area contributed by atoms with Gasteiger partial charge in [-0.05, 0) is 13.3 Å². The van der Waals surface area contributed by atoms with Crippen LogP contribution in [0.2, 0.25) is 0 Å². The highest BCUT2D eigenvalue weighted by atomic mass is 16.5. The zero-order valence-electron chi connectivity index (χ0n) is 8.24. The fraction of sp³-hybridized carbons (Fsp3) is 0.556. The molecule has 80 valence electrons. The van der Waals surface area contributed by atoms with Gasteiger partial charge < -0.3 is 14.9 Å². The summed E-state index contributed by atoms with van der Waals surface area (Å²) in [4.78, 5) is 21.4. The second-order valence-corrected chi connectivity index (χ2v) is 2.60. The van der Waals surface area contributed by atoms with Crippen molar-refractivity contribution >= 4 is 11.9 Å². The molecule has 0 aliphatic rings. The van der Waals surface area contributed by atoms with Gasteiger partial charge >= 0.3 is 11.9 Å². The minimum Gasteiger partial charge on any atom is -0.486 e. The molecule has 0 aromatic heterocycles. The summed E-state index contributed by atoms with van der Waals surface area (Å²) in [5.41, 5.74) is -0.179. The summed E-state index contributed by atoms with van der Waals surface area (Å²) >= 11 is 0. The van der Waals surface area contributed by atoms with Crippen LogP contribution in [0, 0.1) is 0 Å². The van der Waals surface area contributed by atoms with Crippen molar-refractivity contribution < 1.29 is 24.5 Å². The highest BCUT2D eigenvalue weighted by molar-refractivity contribution is 5.97. The minimum atomic E-state index is -1.34. The molecule has 14 heavy (non-hydrogen) atoms. The molecule has 0 aromatic carbocycles. The largest absolute Gasteiger partial charge is 0.486 e. The number of hydrogen-bond acceptors (Lipinski definition) is 3. The summed E-state index contributed by atoms with van der Waals surface area (Å²) in [5.74, 6) is -3.03. The van der Waals surface area contributed by atoms with Gasteiger partial charge in [0.05, 0.1) is 12.2 Å². The summed E-state index contributed by atoms with van der Waals surface area (Å²) in [7, 11) is 0. The summed E-state index contributed by atoms with van der Waals surface area (Å²) in [5, 5.41) is 17.5. The first-order valence-corrected chi connectivity index (χ1v) is 4.37. The fourth-order valence-corrected chi connectivity index (χ4v) is 0.990. The van der Waals surface area contributed by atoms with E-state index in [0.29, 0.717) is 6.42 Å². The summed E-state index contributed by atoms with van der Waals surface area (Å²) in [6.45, 7) is 3.52. The quantitative estimate of drug-likeness (QED) is 0.500. The first-order valence-electron chi connectivity index (χ1n) is 4.37. The molecule has 2 N–H and O–H groups in total. The molecule has 0 saturated carbocycles. The van der Waals surface area contributed by atoms with Crippen molar-refractivity contribution in [2.75, 3.05) is 6.61 Å². The van der Waals surface area contributed by atoms with Crippen molar-refractivity contribution in [2.24, 2.45) is 0 Å². The van der Waals surface area contributed by atoms with Crippen molar-refractivity contribution in [1.29, 1.82) is 0 Å². The number of hydrogen-bond donors (Lipinski definition) is 2. The molecule has 0 aromatic rings. The van der Waals surface area contributed by atoms with Crippen LogP contribution in [0.25, 0.3) is 0 Å². The van der Waals surface area contributed by atoms with Gasteiger partial charge in [0.2, 0.25) is 5.76 Å². The predicted octanol–water partition coefficient (Wildman–Crippen LogP) is 1.25. The third kappa shape index (κ3) is 3.47. The highest BCUT2D eigenvalue weighted by Gasteiger charge is 2.20. The average Bonchev–Trinajstić information content (AvgIpc) is 2.10. The van der Waals surface area contributed by atoms with E-state index in [0.717, 1.165) is 0 Å². The van der Waals surface area contributed by atoms with Crippen LogP contribution < -0.4 is 0 Å². The van der Waals surface area contributed by atoms with Gasteiger partial charge in [-0.15, -0.1) is 0 Å². The van der Waals surface area contributed by atoms with Gasteiger partial charge in [-0.25, -0.2) is 9.59 Å². The normalized spacial score (nSPS) is 11.9. The van der Waals surface area contributed by atoms with E-state index >= 15 is 0 Å². The van der Waals surface area contributed by atoms with Gasteiger partial charge in [-0.1, -0.05) is 13.3 Å². The van der Waals surface area contributed by atoms with Crippen LogP contribution in [-0.2, 0) is 14.3 Å². The van der Waals surface area contributed by atoms with E-state index < -0.39 is 17.7 Å². The van der Waals surface area contributed by atoms with Crippen LogP contribution in [0.5, 0.6) is 0 Å². The van der Waals surface area contributed by atoms with Gasteiger partial charge in [-0.3, -0.25) is 0 Å². The first-order chi connectivity index (χ1) is 6.54. The zero-order valence-corrected chi connectivity index (χ0v) is 8.24. The Morgan fingerprint density at radius 1 is 1.14 bits per heavy atom. The molecular weight excluding hydrogens is 188 g/mol. The maximum absolute atomic E-state index is 10.7. The molecule has 0 unspecified atom stereocenters. The zero-order chi connectivity index (χ0) is 11.1. The van der Waals surface area contributed by atoms with Crippen LogP contribution in [0.15, 0.2) is 11.3 Å². The Bertz CT molecular complexity index is 228. The van der Waals surface area contributed by atoms with Crippen molar-refractivity contribution in [3.05, 3.63) is 11.3 Å². The standard InChI is InChI=1S/C9H14O5/c1-3-5-6(8(10)11)7(9(12)13)14-4-2/h3-5H2,1-2H3,(H,10,11)(H,12,13)/b7-6+. The van der Waals surface area contributed by atoms with Gasteiger partial charge in [0, 0.05) is 0 Å². The van der Waals surface area contributed by atoms with Gasteiger partial charge in [-0.2, -0.15) is 0 Å². The first kappa shape index (κ1) is 12.5. The number of carboxylic acid groups (broad SMARTS) is 2. The third-order valence-electron chi connectivity index (χ3n) is 1.52. The number of carboxylic acids is 2. The molecule has 0 fully saturated rings. The van der Waals surface area contributed by atoms with E-state index in [-0.39, 0.29) is 18.6 Å². The van der Waals surface area contributed by atoms with E-state index in [1.807, 2.05) is 0 Å². The minimum absolute atomic E-state index is 0.141. The van der Waals surface area contributed by atoms with Crippen LogP contribution in [0.1, 0.15) is 26.7 Å². The van der Waals surface area contributed by atoms with Crippen LogP contribution in [0.3, 0.4) is 0 Å². The Morgan fingerprint density at radius 3 is 2.00 bits per heavy atom. The molecule has 0 bridgehead atoms. The van der Waals surface area contributed by atoms with Crippen LogP contribution >= 0.6 is 0 Å². The predicted molar refractivity (Wildman–Crippen MR) is 48.8 cm³/mol. The molecule has 0 heterocycles. The van der Waals surface area contributed by atoms with Gasteiger partial charge in [0.1, 0.15) is 0 Å². The van der Waals surface area contributed by atoms with E-state index in [9.17, 15) is 9.59 Å². The SMILES string of the molecule is CCC/C(C(=O)O)=C(\OCC)C(=O)O. The Labute approximate surface area is 82.0 Å². The number of aliphatic carboxylic acids is 2. The fourth-order valence-electron chi connectivity index (χ4n) is 0.990. The van der Waals surface area contributed by atoms with Crippen molar-refractivity contribution in [3.8, 4) is 0 Å². The molecule has 0 spiro atoms. The molecule has 0 saturated heterocycles. The van der Waals surface area contributed by atoms with Crippen LogP contribution in [-0.4, -0.2) is 28.8 Å².